The molecule has 3 rings (SSSR count). The molecule has 1 aromatic rings. The molecule has 0 N–H and O–H groups in total. The largest absolute Gasteiger partial charge is 0.375 e. The van der Waals surface area contributed by atoms with Gasteiger partial charge in [0.05, 0.1) is 17.2 Å². The fraction of sp³-hybridized carbons (Fsp3) is 0.611. The van der Waals surface area contributed by atoms with Crippen molar-refractivity contribution >= 4 is 0 Å². The summed E-state index contributed by atoms with van der Waals surface area (Å²) in [7, 11) is 2.21. The lowest BCUT2D eigenvalue weighted by atomic mass is 9.88. The summed E-state index contributed by atoms with van der Waals surface area (Å²) in [5.41, 5.74) is 2.15. The molecule has 1 aliphatic heterocycles. The van der Waals surface area contributed by atoms with E-state index in [0.717, 1.165) is 25.1 Å². The van der Waals surface area contributed by atoms with Gasteiger partial charge in [-0.05, 0) is 50.4 Å². The molecular weight excluding hydrogens is 260 g/mol. The van der Waals surface area contributed by atoms with Gasteiger partial charge >= 0.3 is 0 Å². The van der Waals surface area contributed by atoms with Crippen molar-refractivity contribution in [3.63, 3.8) is 0 Å². The highest BCUT2D eigenvalue weighted by Gasteiger charge is 2.40. The summed E-state index contributed by atoms with van der Waals surface area (Å²) in [6.45, 7) is 1.81. The van der Waals surface area contributed by atoms with E-state index >= 15 is 0 Å². The topological polar surface area (TPSA) is 36.3 Å². The van der Waals surface area contributed by atoms with Crippen LogP contribution in [0.15, 0.2) is 24.3 Å². The van der Waals surface area contributed by atoms with Crippen molar-refractivity contribution in [1.29, 1.82) is 5.26 Å². The Balaban J connectivity index is 1.64. The minimum atomic E-state index is 0.172. The first-order chi connectivity index (χ1) is 10.2. The zero-order valence-electron chi connectivity index (χ0n) is 12.8. The van der Waals surface area contributed by atoms with Crippen LogP contribution in [0, 0.1) is 11.3 Å². The van der Waals surface area contributed by atoms with Crippen LogP contribution < -0.4 is 0 Å². The van der Waals surface area contributed by atoms with E-state index in [1.165, 1.54) is 37.7 Å². The second-order valence-corrected chi connectivity index (χ2v) is 6.61. The van der Waals surface area contributed by atoms with Crippen molar-refractivity contribution in [2.45, 2.75) is 56.7 Å². The van der Waals surface area contributed by atoms with Gasteiger partial charge in [-0.25, -0.2) is 0 Å². The van der Waals surface area contributed by atoms with Crippen LogP contribution in [0.3, 0.4) is 0 Å². The summed E-state index contributed by atoms with van der Waals surface area (Å²) < 4.78 is 6.12. The van der Waals surface area contributed by atoms with Crippen molar-refractivity contribution in [3.05, 3.63) is 35.4 Å². The van der Waals surface area contributed by atoms with Crippen LogP contribution in [0.25, 0.3) is 0 Å². The van der Waals surface area contributed by atoms with Gasteiger partial charge in [0.1, 0.15) is 0 Å². The zero-order chi connectivity index (χ0) is 14.7. The molecule has 3 heteroatoms. The highest BCUT2D eigenvalue weighted by molar-refractivity contribution is 5.32. The molecule has 2 aliphatic rings. The van der Waals surface area contributed by atoms with E-state index < -0.39 is 0 Å². The Kier molecular flexibility index (Phi) is 4.28. The fourth-order valence-corrected chi connectivity index (χ4v) is 3.90. The van der Waals surface area contributed by atoms with E-state index in [-0.39, 0.29) is 5.60 Å². The molecule has 1 atom stereocenters. The van der Waals surface area contributed by atoms with Gasteiger partial charge in [-0.1, -0.05) is 25.0 Å². The number of nitrogens with zero attached hydrogens (tertiary/aromatic N) is 2. The molecule has 1 aromatic carbocycles. The summed E-state index contributed by atoms with van der Waals surface area (Å²) in [5.74, 6) is 0. The summed E-state index contributed by atoms with van der Waals surface area (Å²) in [5, 5.41) is 9.00. The predicted octanol–water partition coefficient (Wildman–Crippen LogP) is 3.48. The maximum absolute atomic E-state index is 9.00. The smallest absolute Gasteiger partial charge is 0.0991 e. The summed E-state index contributed by atoms with van der Waals surface area (Å²) in [6.07, 6.45) is 7.40. The summed E-state index contributed by atoms with van der Waals surface area (Å²) in [6, 6.07) is 10.8. The Morgan fingerprint density at radius 3 is 2.95 bits per heavy atom. The quantitative estimate of drug-likeness (QED) is 0.852. The lowest BCUT2D eigenvalue weighted by molar-refractivity contribution is -0.0997. The van der Waals surface area contributed by atoms with Crippen LogP contribution in [0.1, 0.15) is 49.7 Å². The van der Waals surface area contributed by atoms with Gasteiger partial charge in [0, 0.05) is 19.2 Å². The molecule has 112 valence electrons. The van der Waals surface area contributed by atoms with Gasteiger partial charge in [-0.3, -0.25) is 4.90 Å². The van der Waals surface area contributed by atoms with E-state index in [4.69, 9.17) is 10.00 Å². The van der Waals surface area contributed by atoms with Crippen LogP contribution in [-0.4, -0.2) is 30.2 Å². The molecule has 0 aromatic heterocycles. The number of hydrogen-bond acceptors (Lipinski definition) is 3. The molecule has 1 unspecified atom stereocenters. The van der Waals surface area contributed by atoms with E-state index in [0.29, 0.717) is 6.04 Å². The molecule has 2 fully saturated rings. The van der Waals surface area contributed by atoms with Crippen LogP contribution in [0.2, 0.25) is 0 Å². The average Bonchev–Trinajstić information content (AvgIpc) is 2.95. The molecule has 1 saturated heterocycles. The molecule has 1 spiro atoms. The van der Waals surface area contributed by atoms with Gasteiger partial charge in [-0.15, -0.1) is 0 Å². The number of nitriles is 1. The zero-order valence-corrected chi connectivity index (χ0v) is 12.8. The van der Waals surface area contributed by atoms with Crippen molar-refractivity contribution in [1.82, 2.24) is 4.90 Å². The Morgan fingerprint density at radius 2 is 2.19 bits per heavy atom. The lowest BCUT2D eigenvalue weighted by Crippen LogP contribution is -2.46. The monoisotopic (exact) mass is 284 g/mol. The first-order valence-electron chi connectivity index (χ1n) is 8.04. The van der Waals surface area contributed by atoms with Crippen LogP contribution in [-0.2, 0) is 11.3 Å². The minimum Gasteiger partial charge on any atom is -0.375 e. The van der Waals surface area contributed by atoms with Gasteiger partial charge < -0.3 is 4.74 Å². The predicted molar refractivity (Wildman–Crippen MR) is 82.8 cm³/mol. The van der Waals surface area contributed by atoms with Crippen LogP contribution in [0.5, 0.6) is 0 Å². The summed E-state index contributed by atoms with van der Waals surface area (Å²) in [4.78, 5) is 2.44. The molecular formula is C18H24N2O. The maximum Gasteiger partial charge on any atom is 0.0991 e. The maximum atomic E-state index is 9.00. The number of benzene rings is 1. The van der Waals surface area contributed by atoms with Gasteiger partial charge in [-0.2, -0.15) is 5.26 Å². The third-order valence-electron chi connectivity index (χ3n) is 5.09. The number of rotatable bonds is 3. The molecule has 0 radical (unpaired) electrons. The minimum absolute atomic E-state index is 0.172. The Bertz CT molecular complexity index is 528. The second-order valence-electron chi connectivity index (χ2n) is 6.61. The Hall–Kier alpha value is -1.37. The third kappa shape index (κ3) is 3.28. The molecule has 0 bridgehead atoms. The lowest BCUT2D eigenvalue weighted by Gasteiger charge is -2.42. The van der Waals surface area contributed by atoms with E-state index in [1.807, 2.05) is 18.2 Å². The molecule has 1 heterocycles. The first-order valence-corrected chi connectivity index (χ1v) is 8.04. The third-order valence-corrected chi connectivity index (χ3v) is 5.09. The van der Waals surface area contributed by atoms with E-state index in [2.05, 4.69) is 24.1 Å². The van der Waals surface area contributed by atoms with E-state index in [9.17, 15) is 0 Å². The molecule has 3 nitrogen and oxygen atoms in total. The first kappa shape index (κ1) is 14.6. The average molecular weight is 284 g/mol. The standard InChI is InChI=1S/C18H24N2O/c1-20(14-16-6-4-5-15(11-16)13-19)17-7-10-21-18(12-17)8-2-3-9-18/h4-6,11,17H,2-3,7-10,12,14H2,1H3. The second kappa shape index (κ2) is 6.17. The molecule has 21 heavy (non-hydrogen) atoms. The van der Waals surface area contributed by atoms with Crippen molar-refractivity contribution in [2.75, 3.05) is 13.7 Å². The Morgan fingerprint density at radius 1 is 1.38 bits per heavy atom. The molecule has 1 aliphatic carbocycles. The highest BCUT2D eigenvalue weighted by Crippen LogP contribution is 2.41. The van der Waals surface area contributed by atoms with Crippen molar-refractivity contribution in [2.24, 2.45) is 0 Å². The van der Waals surface area contributed by atoms with Crippen LogP contribution in [0.4, 0.5) is 0 Å². The van der Waals surface area contributed by atoms with Gasteiger partial charge in [0.2, 0.25) is 0 Å². The number of ether oxygens (including phenoxy) is 1. The van der Waals surface area contributed by atoms with Crippen LogP contribution >= 0.6 is 0 Å². The highest BCUT2D eigenvalue weighted by atomic mass is 16.5. The fourth-order valence-electron chi connectivity index (χ4n) is 3.90. The van der Waals surface area contributed by atoms with Crippen molar-refractivity contribution < 1.29 is 4.74 Å². The summed E-state index contributed by atoms with van der Waals surface area (Å²) >= 11 is 0. The number of hydrogen-bond donors (Lipinski definition) is 0. The molecule has 0 amide bonds. The van der Waals surface area contributed by atoms with Gasteiger partial charge in [0.15, 0.2) is 0 Å². The molecule has 1 saturated carbocycles. The van der Waals surface area contributed by atoms with Gasteiger partial charge in [0.25, 0.3) is 0 Å². The SMILES string of the molecule is CN(Cc1cccc(C#N)c1)C1CCOC2(CCCC2)C1. The van der Waals surface area contributed by atoms with Crippen molar-refractivity contribution in [3.8, 4) is 6.07 Å². The Labute approximate surface area is 127 Å². The van der Waals surface area contributed by atoms with E-state index in [1.54, 1.807) is 0 Å². The normalized spacial score (nSPS) is 24.3.